The minimum atomic E-state index is 0.433. The molecule has 0 aromatic heterocycles. The van der Waals surface area contributed by atoms with Crippen LogP contribution in [0.25, 0.3) is 0 Å². The average Bonchev–Trinajstić information content (AvgIpc) is 2.86. The zero-order valence-corrected chi connectivity index (χ0v) is 14.4. The maximum absolute atomic E-state index is 4.01. The summed E-state index contributed by atoms with van der Waals surface area (Å²) in [6.07, 6.45) is 9.81. The molecule has 2 aliphatic rings. The monoisotopic (exact) mass is 280 g/mol. The maximum Gasteiger partial charge on any atom is 0.0327 e. The molecule has 0 saturated heterocycles. The van der Waals surface area contributed by atoms with E-state index in [1.807, 2.05) is 0 Å². The van der Waals surface area contributed by atoms with E-state index in [2.05, 4.69) is 45.1 Å². The first-order valence-electron chi connectivity index (χ1n) is 8.85. The van der Waals surface area contributed by atoms with Crippen molar-refractivity contribution in [2.75, 3.05) is 20.6 Å². The van der Waals surface area contributed by atoms with Gasteiger partial charge in [-0.1, -0.05) is 40.0 Å². The van der Waals surface area contributed by atoms with Crippen LogP contribution in [0.4, 0.5) is 0 Å². The van der Waals surface area contributed by atoms with Gasteiger partial charge in [0.05, 0.1) is 0 Å². The molecule has 0 radical (unpaired) electrons. The summed E-state index contributed by atoms with van der Waals surface area (Å²) in [6.45, 7) is 8.45. The zero-order chi connectivity index (χ0) is 14.8. The molecular formula is C18H36N2. The Hall–Kier alpha value is -0.0800. The van der Waals surface area contributed by atoms with E-state index in [0.29, 0.717) is 5.54 Å². The van der Waals surface area contributed by atoms with Crippen molar-refractivity contribution >= 4 is 0 Å². The van der Waals surface area contributed by atoms with Crippen molar-refractivity contribution in [3.63, 3.8) is 0 Å². The fourth-order valence-electron chi connectivity index (χ4n) is 4.57. The van der Waals surface area contributed by atoms with Gasteiger partial charge in [-0.2, -0.15) is 0 Å². The molecule has 2 heteroatoms. The first-order chi connectivity index (χ1) is 9.44. The molecule has 0 amide bonds. The van der Waals surface area contributed by atoms with Gasteiger partial charge in [0.1, 0.15) is 0 Å². The van der Waals surface area contributed by atoms with Crippen LogP contribution in [-0.4, -0.2) is 37.1 Å². The third-order valence-electron chi connectivity index (χ3n) is 6.20. The highest BCUT2D eigenvalue weighted by Gasteiger charge is 2.38. The highest BCUT2D eigenvalue weighted by Crippen LogP contribution is 2.36. The smallest absolute Gasteiger partial charge is 0.0327 e. The van der Waals surface area contributed by atoms with E-state index in [4.69, 9.17) is 0 Å². The van der Waals surface area contributed by atoms with Crippen LogP contribution >= 0.6 is 0 Å². The molecule has 0 aliphatic heterocycles. The van der Waals surface area contributed by atoms with Crippen molar-refractivity contribution < 1.29 is 0 Å². The Kier molecular flexibility index (Phi) is 5.53. The van der Waals surface area contributed by atoms with Gasteiger partial charge in [0.2, 0.25) is 0 Å². The van der Waals surface area contributed by atoms with Gasteiger partial charge in [0.15, 0.2) is 0 Å². The van der Waals surface area contributed by atoms with E-state index >= 15 is 0 Å². The fourth-order valence-corrected chi connectivity index (χ4v) is 4.57. The highest BCUT2D eigenvalue weighted by atomic mass is 15.2. The summed E-state index contributed by atoms with van der Waals surface area (Å²) < 4.78 is 0. The Morgan fingerprint density at radius 1 is 1.15 bits per heavy atom. The van der Waals surface area contributed by atoms with Gasteiger partial charge in [-0.3, -0.25) is 0 Å². The van der Waals surface area contributed by atoms with Crippen LogP contribution in [0.3, 0.4) is 0 Å². The Balaban J connectivity index is 1.96. The second-order valence-electron chi connectivity index (χ2n) is 8.14. The van der Waals surface area contributed by atoms with E-state index in [0.717, 1.165) is 23.8 Å². The molecule has 2 fully saturated rings. The lowest BCUT2D eigenvalue weighted by Gasteiger charge is -2.42. The molecule has 2 rings (SSSR count). The molecule has 1 N–H and O–H groups in total. The highest BCUT2D eigenvalue weighted by molar-refractivity contribution is 4.96. The Labute approximate surface area is 126 Å². The number of hydrogen-bond acceptors (Lipinski definition) is 2. The lowest BCUT2D eigenvalue weighted by Crippen LogP contribution is -2.54. The normalized spacial score (nSPS) is 34.0. The van der Waals surface area contributed by atoms with Gasteiger partial charge >= 0.3 is 0 Å². The summed E-state index contributed by atoms with van der Waals surface area (Å²) in [5.74, 6) is 2.60. The molecule has 0 aromatic carbocycles. The summed E-state index contributed by atoms with van der Waals surface area (Å²) in [5, 5.41) is 4.01. The predicted molar refractivity (Wildman–Crippen MR) is 88.0 cm³/mol. The van der Waals surface area contributed by atoms with E-state index in [1.54, 1.807) is 0 Å². The summed E-state index contributed by atoms with van der Waals surface area (Å²) in [7, 11) is 4.55. The van der Waals surface area contributed by atoms with Gasteiger partial charge in [0, 0.05) is 18.1 Å². The SMILES string of the molecule is CC1CCC(C(C)C)C(NCC2(N(C)C)CCCC2)C1. The van der Waals surface area contributed by atoms with Crippen molar-refractivity contribution in [2.24, 2.45) is 17.8 Å². The van der Waals surface area contributed by atoms with Gasteiger partial charge in [-0.15, -0.1) is 0 Å². The number of likely N-dealkylation sites (N-methyl/N-ethyl adjacent to an activating group) is 1. The first-order valence-corrected chi connectivity index (χ1v) is 8.85. The van der Waals surface area contributed by atoms with Crippen molar-refractivity contribution in [1.82, 2.24) is 10.2 Å². The number of hydrogen-bond donors (Lipinski definition) is 1. The molecule has 2 nitrogen and oxygen atoms in total. The van der Waals surface area contributed by atoms with E-state index in [1.165, 1.54) is 51.5 Å². The van der Waals surface area contributed by atoms with Crippen LogP contribution in [0, 0.1) is 17.8 Å². The first kappa shape index (κ1) is 16.3. The molecule has 0 spiro atoms. The molecular weight excluding hydrogens is 244 g/mol. The van der Waals surface area contributed by atoms with Gasteiger partial charge in [-0.05, 0) is 57.5 Å². The standard InChI is InChI=1S/C18H36N2/c1-14(2)16-9-8-15(3)12-17(16)19-13-18(20(4)5)10-6-7-11-18/h14-17,19H,6-13H2,1-5H3. The molecule has 118 valence electrons. The van der Waals surface area contributed by atoms with E-state index in [9.17, 15) is 0 Å². The second-order valence-corrected chi connectivity index (χ2v) is 8.14. The van der Waals surface area contributed by atoms with Gasteiger partial charge in [0.25, 0.3) is 0 Å². The Morgan fingerprint density at radius 3 is 2.35 bits per heavy atom. The second kappa shape index (κ2) is 6.79. The summed E-state index contributed by atoms with van der Waals surface area (Å²) in [4.78, 5) is 2.49. The Morgan fingerprint density at radius 2 is 1.80 bits per heavy atom. The average molecular weight is 280 g/mol. The maximum atomic E-state index is 4.01. The summed E-state index contributed by atoms with van der Waals surface area (Å²) in [5.41, 5.74) is 0.433. The molecule has 2 aliphatic carbocycles. The quantitative estimate of drug-likeness (QED) is 0.821. The molecule has 0 bridgehead atoms. The topological polar surface area (TPSA) is 15.3 Å². The molecule has 0 aromatic rings. The van der Waals surface area contributed by atoms with Crippen molar-refractivity contribution in [3.8, 4) is 0 Å². The van der Waals surface area contributed by atoms with Crippen LogP contribution in [0.15, 0.2) is 0 Å². The molecule has 3 unspecified atom stereocenters. The van der Waals surface area contributed by atoms with Crippen LogP contribution < -0.4 is 5.32 Å². The van der Waals surface area contributed by atoms with Gasteiger partial charge in [-0.25, -0.2) is 0 Å². The minimum absolute atomic E-state index is 0.433. The molecule has 0 heterocycles. The molecule has 3 atom stereocenters. The summed E-state index contributed by atoms with van der Waals surface area (Å²) in [6, 6.07) is 0.746. The number of nitrogens with zero attached hydrogens (tertiary/aromatic N) is 1. The lowest BCUT2D eigenvalue weighted by molar-refractivity contribution is 0.117. The van der Waals surface area contributed by atoms with E-state index < -0.39 is 0 Å². The molecule has 2 saturated carbocycles. The largest absolute Gasteiger partial charge is 0.312 e. The number of rotatable bonds is 5. The van der Waals surface area contributed by atoms with Crippen molar-refractivity contribution in [3.05, 3.63) is 0 Å². The lowest BCUT2D eigenvalue weighted by atomic mass is 9.74. The fraction of sp³-hybridized carbons (Fsp3) is 1.00. The minimum Gasteiger partial charge on any atom is -0.312 e. The van der Waals surface area contributed by atoms with Crippen LogP contribution in [-0.2, 0) is 0 Å². The van der Waals surface area contributed by atoms with Gasteiger partial charge < -0.3 is 10.2 Å². The predicted octanol–water partition coefficient (Wildman–Crippen LogP) is 3.91. The Bertz CT molecular complexity index is 292. The van der Waals surface area contributed by atoms with Crippen molar-refractivity contribution in [1.29, 1.82) is 0 Å². The van der Waals surface area contributed by atoms with Crippen LogP contribution in [0.2, 0.25) is 0 Å². The molecule has 20 heavy (non-hydrogen) atoms. The third kappa shape index (κ3) is 3.57. The summed E-state index contributed by atoms with van der Waals surface area (Å²) >= 11 is 0. The van der Waals surface area contributed by atoms with Crippen LogP contribution in [0.5, 0.6) is 0 Å². The van der Waals surface area contributed by atoms with Crippen LogP contribution in [0.1, 0.15) is 65.7 Å². The van der Waals surface area contributed by atoms with Crippen molar-refractivity contribution in [2.45, 2.75) is 77.3 Å². The third-order valence-corrected chi connectivity index (χ3v) is 6.20. The van der Waals surface area contributed by atoms with E-state index in [-0.39, 0.29) is 0 Å². The zero-order valence-electron chi connectivity index (χ0n) is 14.4. The number of nitrogens with one attached hydrogen (secondary N) is 1.